The summed E-state index contributed by atoms with van der Waals surface area (Å²) >= 11 is 1.60. The summed E-state index contributed by atoms with van der Waals surface area (Å²) in [5.74, 6) is -0.944. The van der Waals surface area contributed by atoms with Crippen LogP contribution in [0.4, 0.5) is 5.69 Å². The van der Waals surface area contributed by atoms with Crippen molar-refractivity contribution in [3.8, 4) is 5.75 Å². The molecule has 6 nitrogen and oxygen atoms in total. The van der Waals surface area contributed by atoms with Crippen molar-refractivity contribution in [2.75, 3.05) is 25.6 Å². The lowest BCUT2D eigenvalue weighted by Gasteiger charge is -2.15. The van der Waals surface area contributed by atoms with Crippen LogP contribution < -0.4 is 15.4 Å². The SMILES string of the molecule is CCOc1ccccc1NC(=O)C(=O)NCC(OC)c1ccc(C)s1. The molecule has 1 unspecified atom stereocenters. The van der Waals surface area contributed by atoms with E-state index in [9.17, 15) is 9.59 Å². The lowest BCUT2D eigenvalue weighted by Crippen LogP contribution is -2.37. The van der Waals surface area contributed by atoms with Gasteiger partial charge in [0.15, 0.2) is 0 Å². The molecule has 0 radical (unpaired) electrons. The first-order chi connectivity index (χ1) is 12.0. The number of thiophene rings is 1. The van der Waals surface area contributed by atoms with Crippen molar-refractivity contribution in [3.05, 3.63) is 46.2 Å². The fourth-order valence-electron chi connectivity index (χ4n) is 2.22. The molecule has 0 aliphatic rings. The number of amides is 2. The van der Waals surface area contributed by atoms with Crippen LogP contribution in [0.1, 0.15) is 22.8 Å². The number of hydrogen-bond acceptors (Lipinski definition) is 5. The largest absolute Gasteiger partial charge is 0.492 e. The van der Waals surface area contributed by atoms with Gasteiger partial charge in [-0.25, -0.2) is 0 Å². The van der Waals surface area contributed by atoms with Crippen molar-refractivity contribution in [2.24, 2.45) is 0 Å². The normalized spacial score (nSPS) is 11.6. The molecule has 2 rings (SSSR count). The summed E-state index contributed by atoms with van der Waals surface area (Å²) in [6.07, 6.45) is -0.286. The van der Waals surface area contributed by atoms with Gasteiger partial charge in [0.05, 0.1) is 12.3 Å². The summed E-state index contributed by atoms with van der Waals surface area (Å²) in [7, 11) is 1.57. The number of ether oxygens (including phenoxy) is 2. The Morgan fingerprint density at radius 2 is 1.92 bits per heavy atom. The molecule has 1 aromatic carbocycles. The summed E-state index contributed by atoms with van der Waals surface area (Å²) in [5, 5.41) is 5.17. The molecule has 1 heterocycles. The monoisotopic (exact) mass is 362 g/mol. The van der Waals surface area contributed by atoms with E-state index in [0.29, 0.717) is 18.0 Å². The average molecular weight is 362 g/mol. The van der Waals surface area contributed by atoms with Crippen molar-refractivity contribution >= 4 is 28.8 Å². The van der Waals surface area contributed by atoms with Crippen molar-refractivity contribution < 1.29 is 19.1 Å². The molecular formula is C18H22N2O4S. The van der Waals surface area contributed by atoms with E-state index in [1.807, 2.05) is 26.0 Å². The Labute approximate surface area is 151 Å². The van der Waals surface area contributed by atoms with Gasteiger partial charge in [0.2, 0.25) is 0 Å². The fraction of sp³-hybridized carbons (Fsp3) is 0.333. The van der Waals surface area contributed by atoms with Crippen molar-refractivity contribution in [3.63, 3.8) is 0 Å². The van der Waals surface area contributed by atoms with Gasteiger partial charge in [0.25, 0.3) is 0 Å². The molecule has 7 heteroatoms. The maximum Gasteiger partial charge on any atom is 0.313 e. The Kier molecular flexibility index (Phi) is 6.97. The van der Waals surface area contributed by atoms with Gasteiger partial charge in [0.1, 0.15) is 11.9 Å². The molecule has 0 saturated carbocycles. The minimum absolute atomic E-state index is 0.218. The molecule has 0 saturated heterocycles. The Bertz CT molecular complexity index is 729. The van der Waals surface area contributed by atoms with E-state index >= 15 is 0 Å². The zero-order valence-electron chi connectivity index (χ0n) is 14.5. The standard InChI is InChI=1S/C18H22N2O4S/c1-4-24-14-8-6-5-7-13(14)20-18(22)17(21)19-11-15(23-3)16-10-9-12(2)25-16/h5-10,15H,4,11H2,1-3H3,(H,19,21)(H,20,22). The summed E-state index contributed by atoms with van der Waals surface area (Å²) in [4.78, 5) is 26.3. The number of carbonyl (C=O) groups is 2. The number of methoxy groups -OCH3 is 1. The number of anilines is 1. The van der Waals surface area contributed by atoms with Gasteiger partial charge in [-0.2, -0.15) is 0 Å². The van der Waals surface area contributed by atoms with Crippen molar-refractivity contribution in [1.82, 2.24) is 5.32 Å². The molecule has 2 aromatic rings. The Morgan fingerprint density at radius 3 is 2.56 bits per heavy atom. The highest BCUT2D eigenvalue weighted by Gasteiger charge is 2.19. The molecular weight excluding hydrogens is 340 g/mol. The number of rotatable bonds is 7. The molecule has 134 valence electrons. The van der Waals surface area contributed by atoms with Crippen LogP contribution in [-0.2, 0) is 14.3 Å². The molecule has 0 bridgehead atoms. The second-order valence-electron chi connectivity index (χ2n) is 5.27. The second-order valence-corrected chi connectivity index (χ2v) is 6.59. The van der Waals surface area contributed by atoms with Crippen LogP contribution in [0.25, 0.3) is 0 Å². The van der Waals surface area contributed by atoms with Crippen molar-refractivity contribution in [1.29, 1.82) is 0 Å². The quantitative estimate of drug-likeness (QED) is 0.743. The maximum absolute atomic E-state index is 12.1. The zero-order chi connectivity index (χ0) is 18.2. The molecule has 0 aliphatic heterocycles. The van der Waals surface area contributed by atoms with Gasteiger partial charge in [-0.15, -0.1) is 11.3 Å². The first kappa shape index (κ1) is 19.0. The van der Waals surface area contributed by atoms with E-state index < -0.39 is 11.8 Å². The molecule has 1 atom stereocenters. The molecule has 0 aliphatic carbocycles. The number of para-hydroxylation sites is 2. The fourth-order valence-corrected chi connectivity index (χ4v) is 3.18. The van der Waals surface area contributed by atoms with Crippen LogP contribution in [0.3, 0.4) is 0 Å². The van der Waals surface area contributed by atoms with E-state index in [2.05, 4.69) is 10.6 Å². The van der Waals surface area contributed by atoms with E-state index in [1.165, 1.54) is 0 Å². The third-order valence-electron chi connectivity index (χ3n) is 3.45. The molecule has 1 aromatic heterocycles. The van der Waals surface area contributed by atoms with Gasteiger partial charge in [0, 0.05) is 23.4 Å². The maximum atomic E-state index is 12.1. The predicted molar refractivity (Wildman–Crippen MR) is 98.1 cm³/mol. The zero-order valence-corrected chi connectivity index (χ0v) is 15.3. The van der Waals surface area contributed by atoms with Gasteiger partial charge in [-0.1, -0.05) is 12.1 Å². The van der Waals surface area contributed by atoms with Gasteiger partial charge >= 0.3 is 11.8 Å². The highest BCUT2D eigenvalue weighted by atomic mass is 32.1. The number of carbonyl (C=O) groups excluding carboxylic acids is 2. The van der Waals surface area contributed by atoms with Crippen LogP contribution in [-0.4, -0.2) is 32.1 Å². The number of aryl methyl sites for hydroxylation is 1. The third-order valence-corrected chi connectivity index (χ3v) is 4.55. The lowest BCUT2D eigenvalue weighted by atomic mass is 10.2. The van der Waals surface area contributed by atoms with Crippen LogP contribution in [0.5, 0.6) is 5.75 Å². The van der Waals surface area contributed by atoms with Crippen LogP contribution >= 0.6 is 11.3 Å². The van der Waals surface area contributed by atoms with E-state index in [4.69, 9.17) is 9.47 Å². The van der Waals surface area contributed by atoms with E-state index in [0.717, 1.165) is 9.75 Å². The topological polar surface area (TPSA) is 76.7 Å². The van der Waals surface area contributed by atoms with Crippen LogP contribution in [0, 0.1) is 6.92 Å². The smallest absolute Gasteiger partial charge is 0.313 e. The lowest BCUT2D eigenvalue weighted by molar-refractivity contribution is -0.136. The summed E-state index contributed by atoms with van der Waals surface area (Å²) in [6, 6.07) is 10.9. The predicted octanol–water partition coefficient (Wildman–Crippen LogP) is 2.90. The van der Waals surface area contributed by atoms with E-state index in [1.54, 1.807) is 42.7 Å². The Balaban J connectivity index is 1.93. The number of benzene rings is 1. The minimum atomic E-state index is -0.746. The first-order valence-corrected chi connectivity index (χ1v) is 8.77. The average Bonchev–Trinajstić information content (AvgIpc) is 3.03. The first-order valence-electron chi connectivity index (χ1n) is 7.95. The van der Waals surface area contributed by atoms with Gasteiger partial charge in [-0.05, 0) is 38.1 Å². The summed E-state index contributed by atoms with van der Waals surface area (Å²) in [6.45, 7) is 4.54. The highest BCUT2D eigenvalue weighted by molar-refractivity contribution is 7.12. The molecule has 0 fully saturated rings. The van der Waals surface area contributed by atoms with Gasteiger partial charge in [-0.3, -0.25) is 9.59 Å². The molecule has 0 spiro atoms. The van der Waals surface area contributed by atoms with Crippen molar-refractivity contribution in [2.45, 2.75) is 20.0 Å². The molecule has 2 N–H and O–H groups in total. The van der Waals surface area contributed by atoms with Crippen LogP contribution in [0.15, 0.2) is 36.4 Å². The van der Waals surface area contributed by atoms with Gasteiger partial charge < -0.3 is 20.1 Å². The second kappa shape index (κ2) is 9.19. The minimum Gasteiger partial charge on any atom is -0.492 e. The Hall–Kier alpha value is -2.38. The Morgan fingerprint density at radius 1 is 1.16 bits per heavy atom. The third kappa shape index (κ3) is 5.30. The van der Waals surface area contributed by atoms with Crippen LogP contribution in [0.2, 0.25) is 0 Å². The number of hydrogen-bond donors (Lipinski definition) is 2. The molecule has 25 heavy (non-hydrogen) atoms. The summed E-state index contributed by atoms with van der Waals surface area (Å²) < 4.78 is 10.8. The molecule has 2 amide bonds. The number of nitrogens with one attached hydrogen (secondary N) is 2. The van der Waals surface area contributed by atoms with E-state index in [-0.39, 0.29) is 12.6 Å². The summed E-state index contributed by atoms with van der Waals surface area (Å²) in [5.41, 5.74) is 0.460. The highest BCUT2D eigenvalue weighted by Crippen LogP contribution is 2.25.